The van der Waals surface area contributed by atoms with Crippen molar-refractivity contribution in [3.63, 3.8) is 0 Å². The Morgan fingerprint density at radius 3 is 2.82 bits per heavy atom. The molecule has 0 aromatic heterocycles. The third kappa shape index (κ3) is 3.13. The molecule has 0 heterocycles. The van der Waals surface area contributed by atoms with Gasteiger partial charge >= 0.3 is 0 Å². The first-order chi connectivity index (χ1) is 8.11. The van der Waals surface area contributed by atoms with Crippen LogP contribution in [0.15, 0.2) is 22.7 Å². The molecule has 1 saturated carbocycles. The fraction of sp³-hybridized carbons (Fsp3) is 0.462. The van der Waals surface area contributed by atoms with Crippen molar-refractivity contribution in [2.24, 2.45) is 5.92 Å². The van der Waals surface area contributed by atoms with Crippen molar-refractivity contribution in [1.82, 2.24) is 0 Å². The van der Waals surface area contributed by atoms with E-state index in [-0.39, 0.29) is 24.1 Å². The van der Waals surface area contributed by atoms with Gasteiger partial charge in [0.05, 0.1) is 0 Å². The van der Waals surface area contributed by atoms with Gasteiger partial charge in [0.1, 0.15) is 11.9 Å². The van der Waals surface area contributed by atoms with Crippen LogP contribution < -0.4 is 0 Å². The van der Waals surface area contributed by atoms with E-state index >= 15 is 0 Å². The molecule has 1 aliphatic rings. The number of ketones is 1. The molecule has 0 radical (unpaired) electrons. The first-order valence-electron chi connectivity index (χ1n) is 5.61. The molecular weight excluding hydrogens is 287 g/mol. The van der Waals surface area contributed by atoms with Crippen molar-refractivity contribution >= 4 is 21.7 Å². The average molecular weight is 301 g/mol. The van der Waals surface area contributed by atoms with Gasteiger partial charge < -0.3 is 4.74 Å². The molecule has 0 spiro atoms. The summed E-state index contributed by atoms with van der Waals surface area (Å²) in [7, 11) is 1.54. The van der Waals surface area contributed by atoms with Crippen LogP contribution in [0.2, 0.25) is 0 Å². The summed E-state index contributed by atoms with van der Waals surface area (Å²) in [4.78, 5) is 12.0. The van der Waals surface area contributed by atoms with Crippen LogP contribution in [0, 0.1) is 11.7 Å². The molecule has 4 heteroatoms. The largest absolute Gasteiger partial charge is 0.373 e. The van der Waals surface area contributed by atoms with E-state index in [4.69, 9.17) is 4.74 Å². The Bertz CT molecular complexity index is 429. The molecule has 1 aliphatic carbocycles. The summed E-state index contributed by atoms with van der Waals surface area (Å²) in [6, 6.07) is 4.75. The van der Waals surface area contributed by atoms with Gasteiger partial charge in [0.2, 0.25) is 0 Å². The Kier molecular flexibility index (Phi) is 3.94. The Balaban J connectivity index is 2.06. The molecule has 1 fully saturated rings. The Labute approximate surface area is 108 Å². The molecule has 17 heavy (non-hydrogen) atoms. The van der Waals surface area contributed by atoms with Crippen LogP contribution in [0.4, 0.5) is 4.39 Å². The summed E-state index contributed by atoms with van der Waals surface area (Å²) >= 11 is 3.19. The maximum atomic E-state index is 13.6. The third-order valence-electron chi connectivity index (χ3n) is 3.00. The minimum Gasteiger partial charge on any atom is -0.373 e. The zero-order valence-corrected chi connectivity index (χ0v) is 11.2. The number of methoxy groups -OCH3 is 1. The van der Waals surface area contributed by atoms with Crippen LogP contribution >= 0.6 is 15.9 Å². The predicted molar refractivity (Wildman–Crippen MR) is 66.3 cm³/mol. The van der Waals surface area contributed by atoms with Crippen LogP contribution in [-0.2, 0) is 16.0 Å². The fourth-order valence-corrected chi connectivity index (χ4v) is 2.27. The first-order valence-corrected chi connectivity index (χ1v) is 6.40. The predicted octanol–water partition coefficient (Wildman–Crippen LogP) is 3.12. The molecule has 1 aromatic rings. The van der Waals surface area contributed by atoms with Gasteiger partial charge in [-0.15, -0.1) is 0 Å². The number of ether oxygens (including phenoxy) is 1. The molecule has 0 saturated heterocycles. The van der Waals surface area contributed by atoms with Crippen LogP contribution in [0.5, 0.6) is 0 Å². The van der Waals surface area contributed by atoms with Crippen LogP contribution in [0.1, 0.15) is 18.4 Å². The topological polar surface area (TPSA) is 26.3 Å². The van der Waals surface area contributed by atoms with Gasteiger partial charge in [0.25, 0.3) is 0 Å². The molecular formula is C13H14BrFO2. The normalized spacial score (nSPS) is 16.9. The lowest BCUT2D eigenvalue weighted by Gasteiger charge is -2.13. The maximum absolute atomic E-state index is 13.6. The molecule has 2 nitrogen and oxygen atoms in total. The molecule has 0 bridgehead atoms. The number of rotatable bonds is 5. The molecule has 1 aromatic carbocycles. The number of halogens is 2. The minimum absolute atomic E-state index is 0.0313. The van der Waals surface area contributed by atoms with Crippen LogP contribution in [-0.4, -0.2) is 19.0 Å². The number of hydrogen-bond acceptors (Lipinski definition) is 2. The van der Waals surface area contributed by atoms with E-state index in [0.29, 0.717) is 16.0 Å². The number of carbonyl (C=O) groups excluding carboxylic acids is 1. The zero-order valence-electron chi connectivity index (χ0n) is 9.58. The summed E-state index contributed by atoms with van der Waals surface area (Å²) in [5, 5.41) is 0. The molecule has 0 amide bonds. The number of carbonyl (C=O) groups is 1. The summed E-state index contributed by atoms with van der Waals surface area (Å²) in [5.74, 6) is -0.0411. The fourth-order valence-electron chi connectivity index (χ4n) is 1.94. The highest BCUT2D eigenvalue weighted by molar-refractivity contribution is 9.10. The van der Waals surface area contributed by atoms with Gasteiger partial charge in [-0.25, -0.2) is 4.39 Å². The van der Waals surface area contributed by atoms with E-state index in [2.05, 4.69) is 15.9 Å². The van der Waals surface area contributed by atoms with E-state index in [9.17, 15) is 9.18 Å². The van der Waals surface area contributed by atoms with Gasteiger partial charge in [0.15, 0.2) is 5.78 Å². The van der Waals surface area contributed by atoms with Crippen molar-refractivity contribution in [1.29, 1.82) is 0 Å². The van der Waals surface area contributed by atoms with Gasteiger partial charge in [-0.2, -0.15) is 0 Å². The van der Waals surface area contributed by atoms with Gasteiger partial charge in [0, 0.05) is 18.0 Å². The van der Waals surface area contributed by atoms with E-state index < -0.39 is 0 Å². The smallest absolute Gasteiger partial charge is 0.166 e. The standard InChI is InChI=1S/C13H14BrFO2/c1-17-13(8-2-3-8)12(16)6-9-4-5-10(14)7-11(9)15/h4-5,7-8,13H,2-3,6H2,1H3. The van der Waals surface area contributed by atoms with Gasteiger partial charge in [-0.3, -0.25) is 4.79 Å². The average Bonchev–Trinajstić information content (AvgIpc) is 3.08. The van der Waals surface area contributed by atoms with Crippen molar-refractivity contribution in [2.75, 3.05) is 7.11 Å². The van der Waals surface area contributed by atoms with E-state index in [1.165, 1.54) is 6.07 Å². The number of benzene rings is 1. The van der Waals surface area contributed by atoms with Crippen molar-refractivity contribution in [2.45, 2.75) is 25.4 Å². The second-order valence-corrected chi connectivity index (χ2v) is 5.29. The lowest BCUT2D eigenvalue weighted by Crippen LogP contribution is -2.27. The van der Waals surface area contributed by atoms with E-state index in [0.717, 1.165) is 12.8 Å². The minimum atomic E-state index is -0.363. The zero-order chi connectivity index (χ0) is 12.4. The Morgan fingerprint density at radius 2 is 2.29 bits per heavy atom. The van der Waals surface area contributed by atoms with Crippen molar-refractivity contribution in [3.8, 4) is 0 Å². The van der Waals surface area contributed by atoms with E-state index in [1.54, 1.807) is 19.2 Å². The number of hydrogen-bond donors (Lipinski definition) is 0. The first kappa shape index (κ1) is 12.7. The second-order valence-electron chi connectivity index (χ2n) is 4.37. The quantitative estimate of drug-likeness (QED) is 0.835. The summed E-state index contributed by atoms with van der Waals surface area (Å²) in [5.41, 5.74) is 0.431. The maximum Gasteiger partial charge on any atom is 0.166 e. The highest BCUT2D eigenvalue weighted by atomic mass is 79.9. The van der Waals surface area contributed by atoms with Gasteiger partial charge in [-0.05, 0) is 36.5 Å². The number of Topliss-reactive ketones (excluding diaryl/α,β-unsaturated/α-hetero) is 1. The van der Waals surface area contributed by atoms with E-state index in [1.807, 2.05) is 0 Å². The van der Waals surface area contributed by atoms with Crippen LogP contribution in [0.25, 0.3) is 0 Å². The molecule has 1 unspecified atom stereocenters. The molecule has 92 valence electrons. The Morgan fingerprint density at radius 1 is 1.59 bits per heavy atom. The van der Waals surface area contributed by atoms with Gasteiger partial charge in [-0.1, -0.05) is 22.0 Å². The molecule has 0 aliphatic heterocycles. The van der Waals surface area contributed by atoms with Crippen molar-refractivity contribution < 1.29 is 13.9 Å². The van der Waals surface area contributed by atoms with Crippen molar-refractivity contribution in [3.05, 3.63) is 34.1 Å². The lowest BCUT2D eigenvalue weighted by atomic mass is 10.0. The summed E-state index contributed by atoms with van der Waals surface area (Å²) in [6.07, 6.45) is 1.81. The highest BCUT2D eigenvalue weighted by Crippen LogP contribution is 2.35. The molecule has 0 N–H and O–H groups in total. The lowest BCUT2D eigenvalue weighted by molar-refractivity contribution is -0.129. The van der Waals surface area contributed by atoms with Crippen LogP contribution in [0.3, 0.4) is 0 Å². The SMILES string of the molecule is COC(C(=O)Cc1ccc(Br)cc1F)C1CC1. The summed E-state index contributed by atoms with van der Waals surface area (Å²) < 4.78 is 19.4. The summed E-state index contributed by atoms with van der Waals surface area (Å²) in [6.45, 7) is 0. The monoisotopic (exact) mass is 300 g/mol. The highest BCUT2D eigenvalue weighted by Gasteiger charge is 2.36. The molecule has 1 atom stereocenters. The second kappa shape index (κ2) is 5.27. The Hall–Kier alpha value is -0.740. The third-order valence-corrected chi connectivity index (χ3v) is 3.49. The molecule has 2 rings (SSSR count).